The minimum atomic E-state index is -1.15. The van der Waals surface area contributed by atoms with Crippen LogP contribution < -0.4 is 10.1 Å². The van der Waals surface area contributed by atoms with Gasteiger partial charge in [-0.15, -0.1) is 0 Å². The summed E-state index contributed by atoms with van der Waals surface area (Å²) in [5.74, 6) is -2.39. The fourth-order valence-electron chi connectivity index (χ4n) is 2.21. The summed E-state index contributed by atoms with van der Waals surface area (Å²) in [5.41, 5.74) is 0.618. The summed E-state index contributed by atoms with van der Waals surface area (Å²) in [6.45, 7) is 2.76. The van der Waals surface area contributed by atoms with Crippen LogP contribution in [-0.2, 0) is 9.53 Å². The third-order valence-corrected chi connectivity index (χ3v) is 3.60. The highest BCUT2D eigenvalue weighted by Gasteiger charge is 2.21. The minimum absolute atomic E-state index is 0.00631. The van der Waals surface area contributed by atoms with Crippen LogP contribution in [0.2, 0.25) is 0 Å². The summed E-state index contributed by atoms with van der Waals surface area (Å²) in [6, 6.07) is 10.1. The van der Waals surface area contributed by atoms with Crippen LogP contribution in [0, 0.1) is 5.82 Å². The average molecular weight is 359 g/mol. The number of Topliss-reactive ketones (excluding diaryl/α,β-unsaturated/α-hetero) is 1. The van der Waals surface area contributed by atoms with Crippen molar-refractivity contribution in [3.8, 4) is 5.75 Å². The van der Waals surface area contributed by atoms with Crippen LogP contribution in [0.3, 0.4) is 0 Å². The summed E-state index contributed by atoms with van der Waals surface area (Å²) in [7, 11) is 1.31. The first-order chi connectivity index (χ1) is 12.3. The maximum atomic E-state index is 13.7. The van der Waals surface area contributed by atoms with E-state index in [1.54, 1.807) is 24.3 Å². The van der Waals surface area contributed by atoms with Crippen molar-refractivity contribution >= 4 is 23.3 Å². The Labute approximate surface area is 149 Å². The number of rotatable bonds is 6. The van der Waals surface area contributed by atoms with E-state index in [2.05, 4.69) is 5.32 Å². The third kappa shape index (κ3) is 4.44. The van der Waals surface area contributed by atoms with Gasteiger partial charge in [-0.3, -0.25) is 9.59 Å². The van der Waals surface area contributed by atoms with Gasteiger partial charge in [-0.1, -0.05) is 12.1 Å². The van der Waals surface area contributed by atoms with Gasteiger partial charge in [0.1, 0.15) is 0 Å². The molecule has 0 heterocycles. The van der Waals surface area contributed by atoms with Crippen LogP contribution in [-0.4, -0.2) is 30.9 Å². The van der Waals surface area contributed by atoms with Crippen molar-refractivity contribution in [3.63, 3.8) is 0 Å². The Kier molecular flexibility index (Phi) is 6.06. The van der Waals surface area contributed by atoms with Crippen LogP contribution in [0.4, 0.5) is 10.1 Å². The van der Waals surface area contributed by atoms with Crippen LogP contribution >= 0.6 is 0 Å². The largest absolute Gasteiger partial charge is 0.494 e. The van der Waals surface area contributed by atoms with Crippen molar-refractivity contribution in [1.29, 1.82) is 0 Å². The number of esters is 1. The maximum absolute atomic E-state index is 13.7. The molecule has 0 aliphatic rings. The number of hydrogen-bond acceptors (Lipinski definition) is 5. The van der Waals surface area contributed by atoms with E-state index in [0.29, 0.717) is 11.3 Å². The first-order valence-corrected chi connectivity index (χ1v) is 7.78. The smallest absolute Gasteiger partial charge is 0.339 e. The fraction of sp³-hybridized carbons (Fsp3) is 0.211. The highest BCUT2D eigenvalue weighted by molar-refractivity contribution is 6.05. The van der Waals surface area contributed by atoms with E-state index in [0.717, 1.165) is 6.07 Å². The Hall–Kier alpha value is -3.22. The second-order valence-corrected chi connectivity index (χ2v) is 5.49. The lowest BCUT2D eigenvalue weighted by Crippen LogP contribution is -2.30. The van der Waals surface area contributed by atoms with E-state index >= 15 is 0 Å². The molecule has 26 heavy (non-hydrogen) atoms. The number of anilines is 1. The van der Waals surface area contributed by atoms with Crippen LogP contribution in [0.1, 0.15) is 34.6 Å². The summed E-state index contributed by atoms with van der Waals surface area (Å²) in [5, 5.41) is 2.55. The van der Waals surface area contributed by atoms with Crippen LogP contribution in [0.15, 0.2) is 42.5 Å². The Balaban J connectivity index is 2.06. The molecule has 136 valence electrons. The van der Waals surface area contributed by atoms with Crippen molar-refractivity contribution in [2.45, 2.75) is 20.0 Å². The molecule has 6 nitrogen and oxygen atoms in total. The molecule has 1 atom stereocenters. The van der Waals surface area contributed by atoms with Crippen molar-refractivity contribution in [2.24, 2.45) is 0 Å². The zero-order valence-electron chi connectivity index (χ0n) is 14.5. The van der Waals surface area contributed by atoms with Crippen molar-refractivity contribution < 1.29 is 28.2 Å². The molecular formula is C19H18FNO5. The van der Waals surface area contributed by atoms with E-state index in [1.807, 2.05) is 0 Å². The molecule has 0 bridgehead atoms. The quantitative estimate of drug-likeness (QED) is 0.633. The van der Waals surface area contributed by atoms with Gasteiger partial charge < -0.3 is 14.8 Å². The van der Waals surface area contributed by atoms with E-state index in [-0.39, 0.29) is 17.1 Å². The second kappa shape index (κ2) is 8.24. The minimum Gasteiger partial charge on any atom is -0.494 e. The van der Waals surface area contributed by atoms with Crippen LogP contribution in [0.5, 0.6) is 5.75 Å². The molecule has 0 aliphatic carbocycles. The second-order valence-electron chi connectivity index (χ2n) is 5.49. The lowest BCUT2D eigenvalue weighted by molar-refractivity contribution is -0.123. The molecule has 0 spiro atoms. The molecule has 0 saturated carbocycles. The first kappa shape index (κ1) is 19.1. The molecule has 0 radical (unpaired) electrons. The maximum Gasteiger partial charge on any atom is 0.339 e. The van der Waals surface area contributed by atoms with Gasteiger partial charge in [-0.05, 0) is 44.2 Å². The van der Waals surface area contributed by atoms with Crippen LogP contribution in [0.25, 0.3) is 0 Å². The van der Waals surface area contributed by atoms with Crippen molar-refractivity contribution in [1.82, 2.24) is 0 Å². The molecule has 0 fully saturated rings. The monoisotopic (exact) mass is 359 g/mol. The molecule has 0 aromatic heterocycles. The van der Waals surface area contributed by atoms with Gasteiger partial charge in [0.05, 0.1) is 18.4 Å². The molecule has 1 amide bonds. The van der Waals surface area contributed by atoms with Gasteiger partial charge in [-0.2, -0.15) is 0 Å². The SMILES string of the molecule is COc1ccc(C(=O)O[C@H](C)C(=O)Nc2ccccc2C(C)=O)cc1F. The molecule has 0 unspecified atom stereocenters. The zero-order valence-corrected chi connectivity index (χ0v) is 14.5. The number of amides is 1. The van der Waals surface area contributed by atoms with Gasteiger partial charge in [-0.25, -0.2) is 9.18 Å². The average Bonchev–Trinajstić information content (AvgIpc) is 2.61. The Morgan fingerprint density at radius 3 is 2.42 bits per heavy atom. The highest BCUT2D eigenvalue weighted by Crippen LogP contribution is 2.19. The molecule has 0 saturated heterocycles. The summed E-state index contributed by atoms with van der Waals surface area (Å²) >= 11 is 0. The summed E-state index contributed by atoms with van der Waals surface area (Å²) in [4.78, 5) is 35.9. The molecule has 1 N–H and O–H groups in total. The van der Waals surface area contributed by atoms with Gasteiger partial charge in [0.25, 0.3) is 5.91 Å². The summed E-state index contributed by atoms with van der Waals surface area (Å²) in [6.07, 6.45) is -1.15. The van der Waals surface area contributed by atoms with E-state index in [1.165, 1.54) is 33.1 Å². The Bertz CT molecular complexity index is 850. The number of carbonyl (C=O) groups is 3. The third-order valence-electron chi connectivity index (χ3n) is 3.60. The predicted octanol–water partition coefficient (Wildman–Crippen LogP) is 3.22. The number of carbonyl (C=O) groups excluding carboxylic acids is 3. The molecule has 0 aliphatic heterocycles. The Morgan fingerprint density at radius 2 is 1.81 bits per heavy atom. The number of ether oxygens (including phenoxy) is 2. The van der Waals surface area contributed by atoms with Gasteiger partial charge >= 0.3 is 5.97 Å². The fourth-order valence-corrected chi connectivity index (χ4v) is 2.21. The number of benzene rings is 2. The lowest BCUT2D eigenvalue weighted by Gasteiger charge is -2.15. The topological polar surface area (TPSA) is 81.7 Å². The standard InChI is InChI=1S/C19H18FNO5/c1-11(22)14-6-4-5-7-16(14)21-18(23)12(2)26-19(24)13-8-9-17(25-3)15(20)10-13/h4-10,12H,1-3H3,(H,21,23)/t12-/m1/s1. The number of para-hydroxylation sites is 1. The molecule has 2 aromatic rings. The van der Waals surface area contributed by atoms with Gasteiger partial charge in [0.15, 0.2) is 23.5 Å². The molecular weight excluding hydrogens is 341 g/mol. The van der Waals surface area contributed by atoms with Crippen molar-refractivity contribution in [3.05, 3.63) is 59.4 Å². The summed E-state index contributed by atoms with van der Waals surface area (Å²) < 4.78 is 23.5. The molecule has 2 aromatic carbocycles. The first-order valence-electron chi connectivity index (χ1n) is 7.78. The number of nitrogens with one attached hydrogen (secondary N) is 1. The number of ketones is 1. The molecule has 2 rings (SSSR count). The van der Waals surface area contributed by atoms with Crippen molar-refractivity contribution in [2.75, 3.05) is 12.4 Å². The number of hydrogen-bond donors (Lipinski definition) is 1. The van der Waals surface area contributed by atoms with Gasteiger partial charge in [0.2, 0.25) is 0 Å². The van der Waals surface area contributed by atoms with Gasteiger partial charge in [0, 0.05) is 5.56 Å². The van der Waals surface area contributed by atoms with E-state index < -0.39 is 23.8 Å². The normalized spacial score (nSPS) is 11.4. The highest BCUT2D eigenvalue weighted by atomic mass is 19.1. The number of methoxy groups -OCH3 is 1. The molecule has 7 heteroatoms. The van der Waals surface area contributed by atoms with E-state index in [9.17, 15) is 18.8 Å². The van der Waals surface area contributed by atoms with E-state index in [4.69, 9.17) is 9.47 Å². The Morgan fingerprint density at radius 1 is 1.12 bits per heavy atom. The number of halogens is 1. The lowest BCUT2D eigenvalue weighted by atomic mass is 10.1. The predicted molar refractivity (Wildman–Crippen MR) is 92.9 cm³/mol. The zero-order chi connectivity index (χ0) is 19.3.